The Bertz CT molecular complexity index is 641. The Morgan fingerprint density at radius 2 is 2.25 bits per heavy atom. The van der Waals surface area contributed by atoms with Crippen molar-refractivity contribution in [3.05, 3.63) is 40.7 Å². The normalized spacial score (nSPS) is 16.0. The summed E-state index contributed by atoms with van der Waals surface area (Å²) in [5.41, 5.74) is 6.47. The van der Waals surface area contributed by atoms with Crippen LogP contribution in [0.3, 0.4) is 0 Å². The topological polar surface area (TPSA) is 100 Å². The summed E-state index contributed by atoms with van der Waals surface area (Å²) in [4.78, 5) is 12.6. The van der Waals surface area contributed by atoms with Crippen LogP contribution in [-0.2, 0) is 9.53 Å². The summed E-state index contributed by atoms with van der Waals surface area (Å²) in [5, 5.41) is 13.8. The Kier molecular flexibility index (Phi) is 6.23. The van der Waals surface area contributed by atoms with Crippen LogP contribution in [0.4, 0.5) is 5.69 Å². The molecule has 1 saturated carbocycles. The number of amides is 1. The number of nitrogens with one attached hydrogen (secondary N) is 3. The lowest BCUT2D eigenvalue weighted by atomic mass is 10.2. The third-order valence-electron chi connectivity index (χ3n) is 3.81. The van der Waals surface area contributed by atoms with Gasteiger partial charge in [-0.3, -0.25) is 4.79 Å². The van der Waals surface area contributed by atoms with Gasteiger partial charge < -0.3 is 26.5 Å². The lowest BCUT2D eigenvalue weighted by Crippen LogP contribution is -2.29. The van der Waals surface area contributed by atoms with Gasteiger partial charge in [-0.15, -0.1) is 0 Å². The van der Waals surface area contributed by atoms with Crippen LogP contribution in [0.5, 0.6) is 0 Å². The molecule has 0 bridgehead atoms. The number of halogens is 1. The first-order chi connectivity index (χ1) is 11.5. The number of hydrogen-bond acceptors (Lipinski definition) is 5. The molecule has 0 spiro atoms. The van der Waals surface area contributed by atoms with Gasteiger partial charge in [0.2, 0.25) is 5.76 Å². The summed E-state index contributed by atoms with van der Waals surface area (Å²) >= 11 is 5.94. The van der Waals surface area contributed by atoms with Crippen LogP contribution in [0.25, 0.3) is 0 Å². The summed E-state index contributed by atoms with van der Waals surface area (Å²) < 4.78 is 5.76. The molecule has 1 fully saturated rings. The fourth-order valence-electron chi connectivity index (χ4n) is 2.03. The third kappa shape index (κ3) is 5.25. The Morgan fingerprint density at radius 1 is 1.50 bits per heavy atom. The highest BCUT2D eigenvalue weighted by atomic mass is 35.5. The smallest absolute Gasteiger partial charge is 0.292 e. The average Bonchev–Trinajstić information content (AvgIpc) is 3.28. The Labute approximate surface area is 146 Å². The number of allylic oxidation sites excluding steroid dienone is 1. The molecule has 0 heterocycles. The van der Waals surface area contributed by atoms with Crippen molar-refractivity contribution in [3.63, 3.8) is 0 Å². The van der Waals surface area contributed by atoms with Crippen molar-refractivity contribution in [1.29, 1.82) is 5.41 Å². The van der Waals surface area contributed by atoms with Gasteiger partial charge in [-0.1, -0.05) is 24.6 Å². The van der Waals surface area contributed by atoms with Crippen molar-refractivity contribution in [1.82, 2.24) is 5.32 Å². The maximum atomic E-state index is 12.6. The van der Waals surface area contributed by atoms with E-state index in [4.69, 9.17) is 27.5 Å². The average molecular weight is 351 g/mol. The zero-order chi connectivity index (χ0) is 17.6. The van der Waals surface area contributed by atoms with E-state index in [2.05, 4.69) is 17.6 Å². The minimum Gasteiger partial charge on any atom is -0.486 e. The van der Waals surface area contributed by atoms with Gasteiger partial charge in [-0.25, -0.2) is 0 Å². The molecular weight excluding hydrogens is 328 g/mol. The van der Waals surface area contributed by atoms with Crippen LogP contribution in [0, 0.1) is 10.8 Å². The predicted octanol–water partition coefficient (Wildman–Crippen LogP) is 2.50. The predicted molar refractivity (Wildman–Crippen MR) is 96.2 cm³/mol. The minimum absolute atomic E-state index is 0.0894. The quantitative estimate of drug-likeness (QED) is 0.312. The van der Waals surface area contributed by atoms with Gasteiger partial charge in [0.25, 0.3) is 5.91 Å². The number of hydrogen-bond donors (Lipinski definition) is 4. The molecule has 2 rings (SSSR count). The van der Waals surface area contributed by atoms with E-state index in [1.165, 1.54) is 0 Å². The van der Waals surface area contributed by atoms with Gasteiger partial charge in [-0.05, 0) is 31.0 Å². The molecule has 0 aliphatic heterocycles. The van der Waals surface area contributed by atoms with Crippen LogP contribution in [0.1, 0.15) is 19.8 Å². The molecule has 1 aromatic rings. The molecule has 0 saturated heterocycles. The van der Waals surface area contributed by atoms with Crippen LogP contribution in [-0.4, -0.2) is 31.8 Å². The van der Waals surface area contributed by atoms with Crippen molar-refractivity contribution >= 4 is 29.4 Å². The lowest BCUT2D eigenvalue weighted by molar-refractivity contribution is -0.116. The lowest BCUT2D eigenvalue weighted by Gasteiger charge is -2.17. The van der Waals surface area contributed by atoms with Gasteiger partial charge in [0.05, 0.1) is 6.61 Å². The van der Waals surface area contributed by atoms with Crippen molar-refractivity contribution < 1.29 is 9.53 Å². The van der Waals surface area contributed by atoms with E-state index in [0.717, 1.165) is 19.1 Å². The molecule has 6 nitrogen and oxygen atoms in total. The number of ether oxygens (including phenoxy) is 1. The fourth-order valence-corrected chi connectivity index (χ4v) is 2.22. The van der Waals surface area contributed by atoms with E-state index >= 15 is 0 Å². The minimum atomic E-state index is -0.426. The number of nitrogens with two attached hydrogens (primary N) is 1. The Morgan fingerprint density at radius 3 is 2.83 bits per heavy atom. The van der Waals surface area contributed by atoms with E-state index in [1.54, 1.807) is 24.3 Å². The highest BCUT2D eigenvalue weighted by Crippen LogP contribution is 2.45. The van der Waals surface area contributed by atoms with Crippen molar-refractivity contribution in [2.75, 3.05) is 25.0 Å². The third-order valence-corrected chi connectivity index (χ3v) is 4.04. The van der Waals surface area contributed by atoms with Gasteiger partial charge in [0, 0.05) is 35.4 Å². The molecule has 0 atom stereocenters. The molecule has 1 aliphatic rings. The van der Waals surface area contributed by atoms with Crippen molar-refractivity contribution in [2.45, 2.75) is 19.8 Å². The summed E-state index contributed by atoms with van der Waals surface area (Å²) in [5.74, 6) is -0.337. The maximum absolute atomic E-state index is 12.6. The van der Waals surface area contributed by atoms with E-state index in [-0.39, 0.29) is 11.2 Å². The summed E-state index contributed by atoms with van der Waals surface area (Å²) in [6, 6.07) is 6.86. The summed E-state index contributed by atoms with van der Waals surface area (Å²) in [6.07, 6.45) is 3.22. The molecule has 1 amide bonds. The molecule has 5 N–H and O–H groups in total. The highest BCUT2D eigenvalue weighted by molar-refractivity contribution is 6.30. The van der Waals surface area contributed by atoms with Crippen LogP contribution < -0.4 is 16.4 Å². The molecule has 0 aromatic heterocycles. The maximum Gasteiger partial charge on any atom is 0.292 e. The van der Waals surface area contributed by atoms with Gasteiger partial charge in [0.15, 0.2) is 0 Å². The Hall–Kier alpha value is -2.05. The van der Waals surface area contributed by atoms with E-state index in [0.29, 0.717) is 36.1 Å². The van der Waals surface area contributed by atoms with Crippen LogP contribution in [0.15, 0.2) is 35.7 Å². The van der Waals surface area contributed by atoms with Gasteiger partial charge in [-0.2, -0.15) is 0 Å². The molecule has 24 heavy (non-hydrogen) atoms. The highest BCUT2D eigenvalue weighted by Gasteiger charge is 2.39. The second kappa shape index (κ2) is 8.17. The van der Waals surface area contributed by atoms with Crippen molar-refractivity contribution in [3.8, 4) is 0 Å². The molecule has 0 unspecified atom stereocenters. The first-order valence-electron chi connectivity index (χ1n) is 7.86. The first kappa shape index (κ1) is 18.3. The molecule has 7 heteroatoms. The van der Waals surface area contributed by atoms with Gasteiger partial charge >= 0.3 is 0 Å². The summed E-state index contributed by atoms with van der Waals surface area (Å²) in [6.45, 7) is 3.38. The van der Waals surface area contributed by atoms with E-state index in [1.807, 2.05) is 0 Å². The van der Waals surface area contributed by atoms with Crippen LogP contribution >= 0.6 is 11.6 Å². The monoisotopic (exact) mass is 350 g/mol. The molecule has 0 radical (unpaired) electrons. The van der Waals surface area contributed by atoms with E-state index in [9.17, 15) is 4.79 Å². The van der Waals surface area contributed by atoms with Crippen LogP contribution in [0.2, 0.25) is 5.02 Å². The fraction of sp³-hybridized carbons (Fsp3) is 0.412. The van der Waals surface area contributed by atoms with E-state index < -0.39 is 5.91 Å². The summed E-state index contributed by atoms with van der Waals surface area (Å²) in [7, 11) is 0. The SMILES string of the molecule is CC1(CO/C(C(=O)Nc2cccc(Cl)c2)=C(/C=N)NCCN)CC1. The molecular formula is C17H23ClN4O2. The zero-order valence-corrected chi connectivity index (χ0v) is 14.5. The van der Waals surface area contributed by atoms with Gasteiger partial charge in [0.1, 0.15) is 5.70 Å². The number of carbonyl (C=O) groups excluding carboxylic acids is 1. The Balaban J connectivity index is 2.17. The first-order valence-corrected chi connectivity index (χ1v) is 8.24. The second-order valence-corrected chi connectivity index (χ2v) is 6.60. The second-order valence-electron chi connectivity index (χ2n) is 6.17. The zero-order valence-electron chi connectivity index (χ0n) is 13.7. The standard InChI is InChI=1S/C17H23ClN4O2/c1-17(5-6-17)11-24-15(14(10-20)21-8-7-19)16(23)22-13-4-2-3-12(18)9-13/h2-4,9-10,20-21H,5-8,11,19H2,1H3,(H,22,23)/b15-14-,20-10?. The van der Waals surface area contributed by atoms with Crippen molar-refractivity contribution in [2.24, 2.45) is 11.1 Å². The number of rotatable bonds is 9. The molecule has 1 aromatic carbocycles. The largest absolute Gasteiger partial charge is 0.486 e. The molecule has 1 aliphatic carbocycles. The number of carbonyl (C=O) groups is 1. The molecule has 130 valence electrons. The number of benzene rings is 1. The number of anilines is 1.